The average molecular weight is 583 g/mol. The van der Waals surface area contributed by atoms with Crippen molar-refractivity contribution in [2.45, 2.75) is 121 Å². The number of aliphatic hydroxyl groups is 1. The highest BCUT2D eigenvalue weighted by atomic mass is 28.5. The smallest absolute Gasteiger partial charge is 0.335 e. The third-order valence-electron chi connectivity index (χ3n) is 7.52. The molecule has 1 aromatic rings. The van der Waals surface area contributed by atoms with Gasteiger partial charge >= 0.3 is 22.8 Å². The van der Waals surface area contributed by atoms with Crippen molar-refractivity contribution < 1.29 is 22.8 Å². The second-order valence-electron chi connectivity index (χ2n) is 12.9. The topological polar surface area (TPSA) is 112 Å². The number of aromatic nitrogens is 2. The molecule has 9 nitrogen and oxygen atoms in total. The molecule has 0 radical (unpaired) electrons. The summed E-state index contributed by atoms with van der Waals surface area (Å²) in [6, 6.07) is 1.23. The number of rotatable bonds is 5. The van der Waals surface area contributed by atoms with Crippen molar-refractivity contribution in [2.24, 2.45) is 0 Å². The van der Waals surface area contributed by atoms with Crippen molar-refractivity contribution in [2.75, 3.05) is 6.61 Å². The predicted octanol–water partition coefficient (Wildman–Crippen LogP) is 4.00. The quantitative estimate of drug-likeness (QED) is 0.399. The number of nitrogens with one attached hydrogen (secondary N) is 1. The number of fused-ring (bicyclic) bond motifs is 1. The van der Waals surface area contributed by atoms with E-state index in [-0.39, 0.29) is 28.8 Å². The first-order chi connectivity index (χ1) is 17.4. The van der Waals surface area contributed by atoms with Crippen LogP contribution in [0.25, 0.3) is 0 Å². The zero-order chi connectivity index (χ0) is 28.8. The van der Waals surface area contributed by atoms with Crippen LogP contribution in [0.5, 0.6) is 0 Å². The SMILES string of the molecule is CC(C)[Si]1(C(C)C)OC[C@H]2OC(n3ccc(=O)[nH]c3=O)[C@](O)(C#C[Si](C)(C)C)[C@@H]2O[Si](C(C)C)(C(C)C)O1. The first-order valence-electron chi connectivity index (χ1n) is 13.6. The van der Waals surface area contributed by atoms with Crippen LogP contribution in [0.15, 0.2) is 21.9 Å². The van der Waals surface area contributed by atoms with E-state index in [1.807, 2.05) is 0 Å². The monoisotopic (exact) mass is 582 g/mol. The molecular weight excluding hydrogens is 537 g/mol. The summed E-state index contributed by atoms with van der Waals surface area (Å²) < 4.78 is 28.8. The highest BCUT2D eigenvalue weighted by Gasteiger charge is 2.65. The van der Waals surface area contributed by atoms with Gasteiger partial charge in [-0.05, 0) is 22.2 Å². The van der Waals surface area contributed by atoms with E-state index in [4.69, 9.17) is 17.7 Å². The summed E-state index contributed by atoms with van der Waals surface area (Å²) in [5.74, 6) is 3.11. The Balaban J connectivity index is 2.28. The van der Waals surface area contributed by atoms with Gasteiger partial charge < -0.3 is 22.8 Å². The molecule has 38 heavy (non-hydrogen) atoms. The van der Waals surface area contributed by atoms with Gasteiger partial charge in [0.05, 0.1) is 6.61 Å². The van der Waals surface area contributed by atoms with Crippen molar-refractivity contribution in [3.63, 3.8) is 0 Å². The summed E-state index contributed by atoms with van der Waals surface area (Å²) >= 11 is 0. The maximum absolute atomic E-state index is 12.9. The fourth-order valence-corrected chi connectivity index (χ4v) is 17.3. The predicted molar refractivity (Wildman–Crippen MR) is 155 cm³/mol. The van der Waals surface area contributed by atoms with Crippen LogP contribution in [0.4, 0.5) is 0 Å². The Morgan fingerprint density at radius 3 is 2.05 bits per heavy atom. The molecule has 2 fully saturated rings. The Bertz CT molecular complexity index is 1160. The van der Waals surface area contributed by atoms with Gasteiger partial charge in [-0.1, -0.05) is 81.0 Å². The average Bonchev–Trinajstić information content (AvgIpc) is 3.02. The molecule has 12 heteroatoms. The van der Waals surface area contributed by atoms with E-state index in [0.717, 1.165) is 0 Å². The van der Waals surface area contributed by atoms with E-state index in [0.29, 0.717) is 0 Å². The molecule has 4 atom stereocenters. The summed E-state index contributed by atoms with van der Waals surface area (Å²) in [5.41, 5.74) is 0.560. The number of H-pyrrole nitrogens is 1. The van der Waals surface area contributed by atoms with E-state index in [1.165, 1.54) is 16.8 Å². The maximum atomic E-state index is 12.9. The lowest BCUT2D eigenvalue weighted by atomic mass is 9.95. The van der Waals surface area contributed by atoms with Gasteiger partial charge in [0.1, 0.15) is 20.3 Å². The molecule has 0 amide bonds. The van der Waals surface area contributed by atoms with Crippen molar-refractivity contribution in [3.05, 3.63) is 33.1 Å². The van der Waals surface area contributed by atoms with E-state index >= 15 is 0 Å². The minimum Gasteiger partial charge on any atom is -0.414 e. The highest BCUT2D eigenvalue weighted by Crippen LogP contribution is 2.50. The molecule has 0 bridgehead atoms. The van der Waals surface area contributed by atoms with Crippen molar-refractivity contribution in [1.82, 2.24) is 9.55 Å². The first-order valence-corrected chi connectivity index (χ1v) is 21.1. The molecule has 3 rings (SSSR count). The van der Waals surface area contributed by atoms with E-state index in [2.05, 4.69) is 91.5 Å². The molecule has 2 aliphatic heterocycles. The number of aromatic amines is 1. The lowest BCUT2D eigenvalue weighted by Gasteiger charge is -2.51. The first kappa shape index (κ1) is 31.2. The van der Waals surface area contributed by atoms with Gasteiger partial charge in [0.25, 0.3) is 5.56 Å². The maximum Gasteiger partial charge on any atom is 0.335 e. The zero-order valence-electron chi connectivity index (χ0n) is 24.7. The molecule has 0 aromatic carbocycles. The standard InChI is InChI=1S/C26H46N2O7Si3/c1-17(2)37(18(3)4)32-16-21-23(34-38(35-37,19(5)6)20(7)8)26(31,13-15-36(9,10)11)24(33-21)28-14-12-22(29)27-25(28)30/h12,14,17-21,23-24,31H,16H2,1-11H3,(H,27,29,30)/t21-,23-,24?,26+/m1/s1. The third kappa shape index (κ3) is 5.62. The molecule has 0 saturated carbocycles. The summed E-state index contributed by atoms with van der Waals surface area (Å²) in [6.45, 7) is 23.4. The summed E-state index contributed by atoms with van der Waals surface area (Å²) in [7, 11) is -7.87. The molecule has 3 heterocycles. The molecule has 0 aliphatic carbocycles. The van der Waals surface area contributed by atoms with Crippen LogP contribution in [-0.2, 0) is 17.7 Å². The number of nitrogens with zero attached hydrogens (tertiary/aromatic N) is 1. The summed E-state index contributed by atoms with van der Waals surface area (Å²) in [6.07, 6.45) is -1.48. The van der Waals surface area contributed by atoms with Crippen LogP contribution < -0.4 is 11.2 Å². The normalized spacial score (nSPS) is 29.2. The van der Waals surface area contributed by atoms with Gasteiger partial charge in [0.2, 0.25) is 0 Å². The van der Waals surface area contributed by atoms with Crippen molar-refractivity contribution >= 4 is 25.2 Å². The molecule has 2 aliphatic rings. The lowest BCUT2D eigenvalue weighted by molar-refractivity contribution is -0.0750. The van der Waals surface area contributed by atoms with E-state index < -0.39 is 60.5 Å². The van der Waals surface area contributed by atoms with Crippen LogP contribution >= 0.6 is 0 Å². The van der Waals surface area contributed by atoms with Crippen molar-refractivity contribution in [3.8, 4) is 11.5 Å². The van der Waals surface area contributed by atoms with Gasteiger partial charge in [-0.15, -0.1) is 5.54 Å². The Morgan fingerprint density at radius 1 is 1.03 bits per heavy atom. The van der Waals surface area contributed by atoms with Gasteiger partial charge in [-0.25, -0.2) is 4.79 Å². The Hall–Kier alpha value is -1.31. The van der Waals surface area contributed by atoms with Crippen LogP contribution in [0.2, 0.25) is 41.8 Å². The fourth-order valence-electron chi connectivity index (χ4n) is 5.49. The zero-order valence-corrected chi connectivity index (χ0v) is 27.7. The Labute approximate surface area is 229 Å². The minimum absolute atomic E-state index is 0.0401. The van der Waals surface area contributed by atoms with Crippen LogP contribution in [0.1, 0.15) is 61.6 Å². The molecular formula is C26H46N2O7Si3. The van der Waals surface area contributed by atoms with E-state index in [1.54, 1.807) is 0 Å². The van der Waals surface area contributed by atoms with Gasteiger partial charge in [0, 0.05) is 12.3 Å². The molecule has 1 aromatic heterocycles. The second kappa shape index (κ2) is 10.9. The van der Waals surface area contributed by atoms with Crippen molar-refractivity contribution in [1.29, 1.82) is 0 Å². The molecule has 2 saturated heterocycles. The largest absolute Gasteiger partial charge is 0.414 e. The summed E-state index contributed by atoms with van der Waals surface area (Å²) in [5, 5.41) is 12.4. The Kier molecular flexibility index (Phi) is 8.98. The Morgan fingerprint density at radius 2 is 1.58 bits per heavy atom. The van der Waals surface area contributed by atoms with Gasteiger partial charge in [-0.2, -0.15) is 0 Å². The van der Waals surface area contributed by atoms with Gasteiger partial charge in [-0.3, -0.25) is 14.3 Å². The number of hydrogen-bond donors (Lipinski definition) is 2. The third-order valence-corrected chi connectivity index (χ3v) is 18.6. The van der Waals surface area contributed by atoms with Crippen LogP contribution in [0.3, 0.4) is 0 Å². The molecule has 214 valence electrons. The number of hydrogen-bond acceptors (Lipinski definition) is 7. The van der Waals surface area contributed by atoms with E-state index in [9.17, 15) is 14.7 Å². The summed E-state index contributed by atoms with van der Waals surface area (Å²) in [4.78, 5) is 27.0. The van der Waals surface area contributed by atoms with Gasteiger partial charge in [0.15, 0.2) is 11.8 Å². The molecule has 0 spiro atoms. The lowest BCUT2D eigenvalue weighted by Crippen LogP contribution is -2.67. The second-order valence-corrected chi connectivity index (χ2v) is 26.5. The highest BCUT2D eigenvalue weighted by molar-refractivity contribution is 6.84. The molecule has 2 N–H and O–H groups in total. The van der Waals surface area contributed by atoms with Crippen LogP contribution in [0, 0.1) is 11.5 Å². The fraction of sp³-hybridized carbons (Fsp3) is 0.769. The number of ether oxygens (including phenoxy) is 1. The minimum atomic E-state index is -3.09. The van der Waals surface area contributed by atoms with Crippen LogP contribution in [-0.4, -0.2) is 64.3 Å². The molecule has 1 unspecified atom stereocenters.